The molecule has 0 unspecified atom stereocenters. The first-order chi connectivity index (χ1) is 11.9. The minimum absolute atomic E-state index is 0.156. The summed E-state index contributed by atoms with van der Waals surface area (Å²) in [5, 5.41) is 16.5. The average molecular weight is 356 g/mol. The minimum Gasteiger partial charge on any atom is -0.267 e. The Morgan fingerprint density at radius 3 is 2.48 bits per heavy atom. The molecule has 126 valence electrons. The Kier molecular flexibility index (Phi) is 4.37. The molecule has 2 aromatic carbocycles. The summed E-state index contributed by atoms with van der Waals surface area (Å²) in [7, 11) is 0. The van der Waals surface area contributed by atoms with Crippen molar-refractivity contribution in [2.75, 3.05) is 5.01 Å². The molecule has 0 radical (unpaired) electrons. The zero-order chi connectivity index (χ0) is 18.1. The van der Waals surface area contributed by atoms with Crippen LogP contribution in [-0.4, -0.2) is 16.5 Å². The van der Waals surface area contributed by atoms with Crippen LogP contribution in [0.4, 0.5) is 11.4 Å². The lowest BCUT2D eigenvalue weighted by Crippen LogP contribution is -2.21. The summed E-state index contributed by atoms with van der Waals surface area (Å²) in [6, 6.07) is 11.6. The first-order valence-corrected chi connectivity index (χ1v) is 7.87. The van der Waals surface area contributed by atoms with Gasteiger partial charge in [0.15, 0.2) is 0 Å². The molecule has 0 N–H and O–H groups in total. The lowest BCUT2D eigenvalue weighted by atomic mass is 10.1. The monoisotopic (exact) mass is 355 g/mol. The van der Waals surface area contributed by atoms with Gasteiger partial charge in [0.1, 0.15) is 0 Å². The van der Waals surface area contributed by atoms with E-state index < -0.39 is 4.92 Å². The molecule has 6 nitrogen and oxygen atoms in total. The Morgan fingerprint density at radius 1 is 1.16 bits per heavy atom. The number of nitrogens with zero attached hydrogens (tertiary/aromatic N) is 3. The van der Waals surface area contributed by atoms with Crippen LogP contribution in [0.3, 0.4) is 0 Å². The number of hydrazone groups is 1. The second-order valence-corrected chi connectivity index (χ2v) is 6.07. The normalized spacial score (nSPS) is 15.6. The first-order valence-electron chi connectivity index (χ1n) is 7.49. The van der Waals surface area contributed by atoms with Gasteiger partial charge in [0.2, 0.25) is 0 Å². The zero-order valence-corrected chi connectivity index (χ0v) is 14.3. The number of hydrogen-bond donors (Lipinski definition) is 0. The number of nitro groups is 1. The predicted molar refractivity (Wildman–Crippen MR) is 97.9 cm³/mol. The molecule has 1 aliphatic heterocycles. The molecule has 0 spiro atoms. The van der Waals surface area contributed by atoms with Crippen LogP contribution in [-0.2, 0) is 4.79 Å². The Hall–Kier alpha value is -2.99. The maximum Gasteiger partial charge on any atom is 0.280 e. The van der Waals surface area contributed by atoms with Crippen LogP contribution in [0, 0.1) is 17.0 Å². The molecule has 0 aliphatic carbocycles. The van der Waals surface area contributed by atoms with E-state index >= 15 is 0 Å². The van der Waals surface area contributed by atoms with Crippen LogP contribution in [0.25, 0.3) is 6.08 Å². The van der Waals surface area contributed by atoms with Gasteiger partial charge in [0.05, 0.1) is 26.9 Å². The van der Waals surface area contributed by atoms with Gasteiger partial charge in [0.25, 0.3) is 11.6 Å². The minimum atomic E-state index is -0.542. The number of aryl methyl sites for hydroxylation is 1. The fraction of sp³-hybridized carbons (Fsp3) is 0.111. The Balaban J connectivity index is 1.99. The number of carbonyl (C=O) groups is 1. The summed E-state index contributed by atoms with van der Waals surface area (Å²) in [5.41, 5.74) is 2.97. The van der Waals surface area contributed by atoms with Crippen molar-refractivity contribution in [1.29, 1.82) is 0 Å². The van der Waals surface area contributed by atoms with E-state index in [2.05, 4.69) is 5.10 Å². The topological polar surface area (TPSA) is 75.8 Å². The first kappa shape index (κ1) is 16.9. The molecule has 25 heavy (non-hydrogen) atoms. The molecule has 0 saturated carbocycles. The molecular weight excluding hydrogens is 342 g/mol. The maximum absolute atomic E-state index is 12.7. The quantitative estimate of drug-likeness (QED) is 0.466. The number of halogens is 1. The SMILES string of the molecule is CC1=NN(c2cc([N+](=O)[O-])ccc2Cl)C(=O)/C1=C/c1ccc(C)cc1. The van der Waals surface area contributed by atoms with Crippen molar-refractivity contribution in [3.8, 4) is 0 Å². The fourth-order valence-corrected chi connectivity index (χ4v) is 2.65. The number of hydrogen-bond acceptors (Lipinski definition) is 4. The summed E-state index contributed by atoms with van der Waals surface area (Å²) in [4.78, 5) is 23.2. The van der Waals surface area contributed by atoms with Gasteiger partial charge in [0, 0.05) is 12.1 Å². The van der Waals surface area contributed by atoms with E-state index in [1.807, 2.05) is 31.2 Å². The second kappa shape index (κ2) is 6.49. The van der Waals surface area contributed by atoms with Gasteiger partial charge in [-0.15, -0.1) is 0 Å². The van der Waals surface area contributed by atoms with Crippen molar-refractivity contribution in [3.05, 3.63) is 74.3 Å². The van der Waals surface area contributed by atoms with Crippen molar-refractivity contribution >= 4 is 40.7 Å². The number of anilines is 1. The highest BCUT2D eigenvalue weighted by molar-refractivity contribution is 6.37. The van der Waals surface area contributed by atoms with Gasteiger partial charge >= 0.3 is 0 Å². The summed E-state index contributed by atoms with van der Waals surface area (Å²) < 4.78 is 0. The van der Waals surface area contributed by atoms with E-state index in [0.29, 0.717) is 11.3 Å². The second-order valence-electron chi connectivity index (χ2n) is 5.66. The molecule has 1 amide bonds. The van der Waals surface area contributed by atoms with Gasteiger partial charge in [-0.05, 0) is 31.6 Å². The van der Waals surface area contributed by atoms with Crippen LogP contribution in [0.2, 0.25) is 5.02 Å². The zero-order valence-electron chi connectivity index (χ0n) is 13.6. The van der Waals surface area contributed by atoms with E-state index in [-0.39, 0.29) is 22.3 Å². The van der Waals surface area contributed by atoms with Crippen LogP contribution in [0.5, 0.6) is 0 Å². The summed E-state index contributed by atoms with van der Waals surface area (Å²) >= 11 is 6.11. The maximum atomic E-state index is 12.7. The largest absolute Gasteiger partial charge is 0.280 e. The van der Waals surface area contributed by atoms with Gasteiger partial charge in [-0.1, -0.05) is 41.4 Å². The number of benzene rings is 2. The number of rotatable bonds is 3. The Morgan fingerprint density at radius 2 is 1.84 bits per heavy atom. The van der Waals surface area contributed by atoms with Crippen LogP contribution in [0.15, 0.2) is 53.1 Å². The molecule has 1 aliphatic rings. The molecule has 0 atom stereocenters. The van der Waals surface area contributed by atoms with Gasteiger partial charge in [-0.2, -0.15) is 10.1 Å². The van der Waals surface area contributed by atoms with Crippen molar-refractivity contribution in [2.24, 2.45) is 5.10 Å². The number of nitro benzene ring substituents is 1. The molecule has 0 fully saturated rings. The average Bonchev–Trinajstić information content (AvgIpc) is 2.85. The molecule has 3 rings (SSSR count). The van der Waals surface area contributed by atoms with E-state index in [0.717, 1.165) is 16.1 Å². The van der Waals surface area contributed by atoms with E-state index in [1.165, 1.54) is 18.2 Å². The summed E-state index contributed by atoms with van der Waals surface area (Å²) in [6.45, 7) is 3.69. The van der Waals surface area contributed by atoms with Crippen molar-refractivity contribution in [2.45, 2.75) is 13.8 Å². The van der Waals surface area contributed by atoms with Crippen LogP contribution < -0.4 is 5.01 Å². The molecule has 0 aromatic heterocycles. The third-order valence-corrected chi connectivity index (χ3v) is 4.14. The van der Waals surface area contributed by atoms with Crippen molar-refractivity contribution in [3.63, 3.8) is 0 Å². The van der Waals surface area contributed by atoms with Gasteiger partial charge in [-0.25, -0.2) is 0 Å². The van der Waals surface area contributed by atoms with Gasteiger partial charge in [-0.3, -0.25) is 14.9 Å². The van der Waals surface area contributed by atoms with Gasteiger partial charge < -0.3 is 0 Å². The van der Waals surface area contributed by atoms with Crippen LogP contribution >= 0.6 is 11.6 Å². The lowest BCUT2D eigenvalue weighted by Gasteiger charge is -2.13. The third kappa shape index (κ3) is 3.29. The highest BCUT2D eigenvalue weighted by Gasteiger charge is 2.31. The van der Waals surface area contributed by atoms with E-state index in [9.17, 15) is 14.9 Å². The van der Waals surface area contributed by atoms with E-state index in [4.69, 9.17) is 11.6 Å². The van der Waals surface area contributed by atoms with Crippen molar-refractivity contribution < 1.29 is 9.72 Å². The summed E-state index contributed by atoms with van der Waals surface area (Å²) in [5.74, 6) is -0.375. The Labute approximate surface area is 149 Å². The molecule has 7 heteroatoms. The molecule has 2 aromatic rings. The fourth-order valence-electron chi connectivity index (χ4n) is 2.45. The standard InChI is InChI=1S/C18H14ClN3O3/c1-11-3-5-13(6-4-11)9-15-12(2)20-21(18(15)23)17-10-14(22(24)25)7-8-16(17)19/h3-10H,1-2H3/b15-9+. The number of non-ortho nitro benzene ring substituents is 1. The smallest absolute Gasteiger partial charge is 0.267 e. The molecular formula is C18H14ClN3O3. The highest BCUT2D eigenvalue weighted by Crippen LogP contribution is 2.34. The highest BCUT2D eigenvalue weighted by atomic mass is 35.5. The predicted octanol–water partition coefficient (Wildman–Crippen LogP) is 4.36. The third-order valence-electron chi connectivity index (χ3n) is 3.82. The van der Waals surface area contributed by atoms with E-state index in [1.54, 1.807) is 13.0 Å². The molecule has 1 heterocycles. The Bertz CT molecular complexity index is 933. The summed E-state index contributed by atoms with van der Waals surface area (Å²) in [6.07, 6.45) is 1.74. The molecule has 0 saturated heterocycles. The molecule has 0 bridgehead atoms. The number of amides is 1. The van der Waals surface area contributed by atoms with Crippen molar-refractivity contribution in [1.82, 2.24) is 0 Å². The lowest BCUT2D eigenvalue weighted by molar-refractivity contribution is -0.384. The number of carbonyl (C=O) groups excluding carboxylic acids is 1. The van der Waals surface area contributed by atoms with Crippen LogP contribution in [0.1, 0.15) is 18.1 Å².